The third-order valence-corrected chi connectivity index (χ3v) is 5.75. The van der Waals surface area contributed by atoms with Gasteiger partial charge in [0.05, 0.1) is 18.8 Å². The van der Waals surface area contributed by atoms with Gasteiger partial charge in [0.15, 0.2) is 0 Å². The zero-order chi connectivity index (χ0) is 20.4. The predicted molar refractivity (Wildman–Crippen MR) is 109 cm³/mol. The first-order valence-electron chi connectivity index (χ1n) is 9.05. The van der Waals surface area contributed by atoms with E-state index < -0.39 is 12.0 Å². The largest absolute Gasteiger partial charge is 0.464 e. The molecule has 1 aliphatic rings. The smallest absolute Gasteiger partial charge is 0.356 e. The quantitative estimate of drug-likeness (QED) is 0.603. The van der Waals surface area contributed by atoms with E-state index in [1.807, 2.05) is 30.0 Å². The van der Waals surface area contributed by atoms with Crippen LogP contribution in [0.3, 0.4) is 0 Å². The first-order valence-corrected chi connectivity index (χ1v) is 9.85. The van der Waals surface area contributed by atoms with E-state index in [2.05, 4.69) is 26.2 Å². The Kier molecular flexibility index (Phi) is 6.04. The fourth-order valence-corrected chi connectivity index (χ4v) is 3.87. The van der Waals surface area contributed by atoms with Crippen molar-refractivity contribution in [2.45, 2.75) is 25.8 Å². The van der Waals surface area contributed by atoms with Gasteiger partial charge in [-0.15, -0.1) is 0 Å². The molecule has 1 unspecified atom stereocenters. The lowest BCUT2D eigenvalue weighted by Crippen LogP contribution is -2.47. The molecule has 3 rings (SSSR count). The van der Waals surface area contributed by atoms with Crippen LogP contribution in [0, 0.1) is 5.92 Å². The maximum Gasteiger partial charge on any atom is 0.356 e. The number of carbonyl (C=O) groups is 3. The SMILES string of the molecule is COC(=O)c1[nH]c2ccc(Br)cc2c1NC(=O)C(C)N1CCC(C(N)=O)CC1. The van der Waals surface area contributed by atoms with E-state index in [0.29, 0.717) is 42.5 Å². The van der Waals surface area contributed by atoms with Gasteiger partial charge in [-0.2, -0.15) is 0 Å². The average Bonchev–Trinajstić information content (AvgIpc) is 3.04. The maximum absolute atomic E-state index is 12.9. The lowest BCUT2D eigenvalue weighted by molar-refractivity contribution is -0.124. The van der Waals surface area contributed by atoms with Gasteiger partial charge in [0.25, 0.3) is 0 Å². The second kappa shape index (κ2) is 8.32. The summed E-state index contributed by atoms with van der Waals surface area (Å²) in [6.07, 6.45) is 1.28. The molecule has 1 atom stereocenters. The average molecular weight is 451 g/mol. The number of nitrogens with one attached hydrogen (secondary N) is 2. The van der Waals surface area contributed by atoms with Crippen molar-refractivity contribution in [2.75, 3.05) is 25.5 Å². The molecule has 0 spiro atoms. The molecule has 2 amide bonds. The Labute approximate surface area is 170 Å². The number of primary amides is 1. The van der Waals surface area contributed by atoms with Gasteiger partial charge in [0.2, 0.25) is 11.8 Å². The number of esters is 1. The van der Waals surface area contributed by atoms with Crippen LogP contribution in [-0.4, -0.2) is 53.9 Å². The third kappa shape index (κ3) is 4.05. The Morgan fingerprint density at radius 2 is 2.00 bits per heavy atom. The van der Waals surface area contributed by atoms with Crippen molar-refractivity contribution in [3.63, 3.8) is 0 Å². The van der Waals surface area contributed by atoms with Gasteiger partial charge in [0.1, 0.15) is 5.69 Å². The lowest BCUT2D eigenvalue weighted by atomic mass is 9.95. The number of aromatic nitrogens is 1. The van der Waals surface area contributed by atoms with E-state index >= 15 is 0 Å². The number of aromatic amines is 1. The summed E-state index contributed by atoms with van der Waals surface area (Å²) in [6.45, 7) is 3.04. The van der Waals surface area contributed by atoms with Gasteiger partial charge in [-0.3, -0.25) is 14.5 Å². The van der Waals surface area contributed by atoms with Crippen LogP contribution in [-0.2, 0) is 14.3 Å². The van der Waals surface area contributed by atoms with Gasteiger partial charge in [-0.25, -0.2) is 4.79 Å². The normalized spacial score (nSPS) is 16.7. The maximum atomic E-state index is 12.9. The summed E-state index contributed by atoms with van der Waals surface area (Å²) in [5.41, 5.74) is 6.68. The minimum absolute atomic E-state index is 0.136. The van der Waals surface area contributed by atoms with Crippen LogP contribution in [0.15, 0.2) is 22.7 Å². The number of ether oxygens (including phenoxy) is 1. The van der Waals surface area contributed by atoms with Gasteiger partial charge in [0, 0.05) is 21.3 Å². The number of likely N-dealkylation sites (tertiary alicyclic amines) is 1. The number of methoxy groups -OCH3 is 1. The molecule has 0 saturated carbocycles. The van der Waals surface area contributed by atoms with Crippen molar-refractivity contribution in [1.82, 2.24) is 9.88 Å². The molecule has 1 saturated heterocycles. The minimum Gasteiger partial charge on any atom is -0.464 e. The standard InChI is InChI=1S/C19H23BrN4O4/c1-10(24-7-5-11(6-8-24)17(21)25)18(26)23-15-13-9-12(20)3-4-14(13)22-16(15)19(27)28-2/h3-4,9-11,22H,5-8H2,1-2H3,(H2,21,25)(H,23,26). The van der Waals surface area contributed by atoms with Crippen LogP contribution < -0.4 is 11.1 Å². The molecule has 0 radical (unpaired) electrons. The molecule has 4 N–H and O–H groups in total. The second-order valence-electron chi connectivity index (χ2n) is 6.93. The highest BCUT2D eigenvalue weighted by atomic mass is 79.9. The second-order valence-corrected chi connectivity index (χ2v) is 7.85. The Morgan fingerprint density at radius 1 is 1.32 bits per heavy atom. The predicted octanol–water partition coefficient (Wildman–Crippen LogP) is 2.24. The Morgan fingerprint density at radius 3 is 2.61 bits per heavy atom. The molecule has 2 aromatic rings. The van der Waals surface area contributed by atoms with Gasteiger partial charge < -0.3 is 20.8 Å². The van der Waals surface area contributed by atoms with Crippen molar-refractivity contribution in [1.29, 1.82) is 0 Å². The number of nitrogens with two attached hydrogens (primary N) is 1. The number of benzene rings is 1. The summed E-state index contributed by atoms with van der Waals surface area (Å²) < 4.78 is 5.67. The Bertz CT molecular complexity index is 918. The Balaban J connectivity index is 1.81. The fourth-order valence-electron chi connectivity index (χ4n) is 3.51. The summed E-state index contributed by atoms with van der Waals surface area (Å²) in [5.74, 6) is -1.21. The number of H-pyrrole nitrogens is 1. The van der Waals surface area contributed by atoms with Crippen LogP contribution in [0.25, 0.3) is 10.9 Å². The molecule has 1 fully saturated rings. The van der Waals surface area contributed by atoms with E-state index in [1.165, 1.54) is 7.11 Å². The van der Waals surface area contributed by atoms with E-state index in [9.17, 15) is 14.4 Å². The van der Waals surface area contributed by atoms with E-state index in [1.54, 1.807) is 0 Å². The summed E-state index contributed by atoms with van der Waals surface area (Å²) in [6, 6.07) is 5.07. The van der Waals surface area contributed by atoms with Crippen LogP contribution in [0.2, 0.25) is 0 Å². The fraction of sp³-hybridized carbons (Fsp3) is 0.421. The van der Waals surface area contributed by atoms with Gasteiger partial charge in [-0.1, -0.05) is 15.9 Å². The van der Waals surface area contributed by atoms with E-state index in [0.717, 1.165) is 4.47 Å². The van der Waals surface area contributed by atoms with Crippen LogP contribution in [0.4, 0.5) is 5.69 Å². The zero-order valence-electron chi connectivity index (χ0n) is 15.8. The van der Waals surface area contributed by atoms with Crippen molar-refractivity contribution < 1.29 is 19.1 Å². The van der Waals surface area contributed by atoms with Crippen molar-refractivity contribution in [3.8, 4) is 0 Å². The topological polar surface area (TPSA) is 118 Å². The molecule has 9 heteroatoms. The number of amides is 2. The number of hydrogen-bond donors (Lipinski definition) is 3. The summed E-state index contributed by atoms with van der Waals surface area (Å²) in [5, 5.41) is 3.59. The molecule has 0 bridgehead atoms. The molecule has 2 heterocycles. The molecule has 1 aromatic carbocycles. The number of halogens is 1. The number of piperidine rings is 1. The molecule has 28 heavy (non-hydrogen) atoms. The van der Waals surface area contributed by atoms with Gasteiger partial charge in [-0.05, 0) is 51.1 Å². The molecule has 1 aliphatic heterocycles. The lowest BCUT2D eigenvalue weighted by Gasteiger charge is -2.34. The van der Waals surface area contributed by atoms with Crippen molar-refractivity contribution in [3.05, 3.63) is 28.4 Å². The van der Waals surface area contributed by atoms with E-state index in [-0.39, 0.29) is 23.4 Å². The first-order chi connectivity index (χ1) is 13.3. The monoisotopic (exact) mass is 450 g/mol. The molecule has 150 valence electrons. The molecule has 1 aromatic heterocycles. The molecular weight excluding hydrogens is 428 g/mol. The number of fused-ring (bicyclic) bond motifs is 1. The number of carbonyl (C=O) groups excluding carboxylic acids is 3. The Hall–Kier alpha value is -2.39. The molecule has 0 aliphatic carbocycles. The number of nitrogens with zero attached hydrogens (tertiary/aromatic N) is 1. The number of anilines is 1. The third-order valence-electron chi connectivity index (χ3n) is 5.26. The minimum atomic E-state index is -0.558. The summed E-state index contributed by atoms with van der Waals surface area (Å²) in [7, 11) is 1.29. The summed E-state index contributed by atoms with van der Waals surface area (Å²) >= 11 is 3.42. The van der Waals surface area contributed by atoms with Crippen LogP contribution in [0.1, 0.15) is 30.3 Å². The van der Waals surface area contributed by atoms with Crippen molar-refractivity contribution >= 4 is 50.3 Å². The number of rotatable bonds is 5. The van der Waals surface area contributed by atoms with E-state index in [4.69, 9.17) is 10.5 Å². The highest BCUT2D eigenvalue weighted by molar-refractivity contribution is 9.10. The highest BCUT2D eigenvalue weighted by Gasteiger charge is 2.30. The molecule has 8 nitrogen and oxygen atoms in total. The van der Waals surface area contributed by atoms with Gasteiger partial charge >= 0.3 is 5.97 Å². The molecular formula is C19H23BrN4O4. The zero-order valence-corrected chi connectivity index (χ0v) is 17.3. The van der Waals surface area contributed by atoms with Crippen molar-refractivity contribution in [2.24, 2.45) is 11.7 Å². The highest BCUT2D eigenvalue weighted by Crippen LogP contribution is 2.31. The number of hydrogen-bond acceptors (Lipinski definition) is 5. The summed E-state index contributed by atoms with van der Waals surface area (Å²) in [4.78, 5) is 41.4. The van der Waals surface area contributed by atoms with Crippen LogP contribution in [0.5, 0.6) is 0 Å². The first kappa shape index (κ1) is 20.3. The van der Waals surface area contributed by atoms with Crippen LogP contribution >= 0.6 is 15.9 Å².